The Morgan fingerprint density at radius 1 is 0.947 bits per heavy atom. The van der Waals surface area contributed by atoms with Crippen LogP contribution in [0.1, 0.15) is 39.0 Å². The lowest BCUT2D eigenvalue weighted by Crippen LogP contribution is -2.35. The van der Waals surface area contributed by atoms with Gasteiger partial charge in [0.1, 0.15) is 12.2 Å². The Labute approximate surface area is 116 Å². The molecule has 0 bridgehead atoms. The van der Waals surface area contributed by atoms with Crippen molar-refractivity contribution in [3.8, 4) is 11.4 Å². The van der Waals surface area contributed by atoms with Gasteiger partial charge in [-0.2, -0.15) is 4.57 Å². The lowest BCUT2D eigenvalue weighted by atomic mass is 10.1. The van der Waals surface area contributed by atoms with E-state index < -0.39 is 0 Å². The van der Waals surface area contributed by atoms with Crippen LogP contribution < -0.4 is 4.57 Å². The molecule has 2 heterocycles. The quantitative estimate of drug-likeness (QED) is 0.539. The Morgan fingerprint density at radius 3 is 2.58 bits per heavy atom. The van der Waals surface area contributed by atoms with Gasteiger partial charge in [-0.15, -0.1) is 0 Å². The molecule has 2 rings (SSSR count). The minimum Gasteiger partial charge on any atom is -0.250 e. The van der Waals surface area contributed by atoms with Crippen LogP contribution in [0.2, 0.25) is 0 Å². The van der Waals surface area contributed by atoms with Crippen molar-refractivity contribution >= 4 is 0 Å². The van der Waals surface area contributed by atoms with Gasteiger partial charge in [-0.1, -0.05) is 32.3 Å². The second-order valence-corrected chi connectivity index (χ2v) is 4.91. The third-order valence-corrected chi connectivity index (χ3v) is 3.37. The van der Waals surface area contributed by atoms with Crippen molar-refractivity contribution in [2.45, 2.75) is 45.6 Å². The summed E-state index contributed by atoms with van der Waals surface area (Å²) in [6, 6.07) is 12.4. The van der Waals surface area contributed by atoms with Crippen LogP contribution in [0.15, 0.2) is 48.8 Å². The molecule has 2 aromatic rings. The molecule has 0 radical (unpaired) electrons. The van der Waals surface area contributed by atoms with Crippen molar-refractivity contribution in [3.63, 3.8) is 0 Å². The Bertz CT molecular complexity index is 480. The van der Waals surface area contributed by atoms with E-state index in [2.05, 4.69) is 46.9 Å². The SMILES string of the molecule is CCCCCCC[n+]1ccccc1-c1ccccn1. The van der Waals surface area contributed by atoms with E-state index in [1.54, 1.807) is 0 Å². The summed E-state index contributed by atoms with van der Waals surface area (Å²) >= 11 is 0. The first-order valence-corrected chi connectivity index (χ1v) is 7.31. The van der Waals surface area contributed by atoms with E-state index in [9.17, 15) is 0 Å². The van der Waals surface area contributed by atoms with Gasteiger partial charge >= 0.3 is 0 Å². The van der Waals surface area contributed by atoms with E-state index >= 15 is 0 Å². The summed E-state index contributed by atoms with van der Waals surface area (Å²) in [7, 11) is 0. The molecule has 0 atom stereocenters. The molecule has 2 heteroatoms. The van der Waals surface area contributed by atoms with Crippen LogP contribution in [0.5, 0.6) is 0 Å². The van der Waals surface area contributed by atoms with E-state index in [-0.39, 0.29) is 0 Å². The van der Waals surface area contributed by atoms with Gasteiger partial charge in [0.25, 0.3) is 0 Å². The summed E-state index contributed by atoms with van der Waals surface area (Å²) in [6.45, 7) is 3.33. The molecule has 19 heavy (non-hydrogen) atoms. The summed E-state index contributed by atoms with van der Waals surface area (Å²) in [4.78, 5) is 4.45. The van der Waals surface area contributed by atoms with Gasteiger partial charge in [-0.25, -0.2) is 4.98 Å². The molecule has 0 N–H and O–H groups in total. The van der Waals surface area contributed by atoms with Crippen LogP contribution in [-0.2, 0) is 6.54 Å². The molecule has 0 amide bonds. The third-order valence-electron chi connectivity index (χ3n) is 3.37. The summed E-state index contributed by atoms with van der Waals surface area (Å²) in [5, 5.41) is 0. The zero-order chi connectivity index (χ0) is 13.3. The van der Waals surface area contributed by atoms with Crippen LogP contribution in [0.3, 0.4) is 0 Å². The zero-order valence-electron chi connectivity index (χ0n) is 11.8. The molecule has 0 saturated carbocycles. The van der Waals surface area contributed by atoms with Gasteiger partial charge < -0.3 is 0 Å². The van der Waals surface area contributed by atoms with E-state index in [0.717, 1.165) is 12.2 Å². The molecule has 100 valence electrons. The van der Waals surface area contributed by atoms with Crippen LogP contribution >= 0.6 is 0 Å². The first-order valence-electron chi connectivity index (χ1n) is 7.31. The molecule has 0 spiro atoms. The highest BCUT2D eigenvalue weighted by Gasteiger charge is 2.12. The van der Waals surface area contributed by atoms with E-state index in [4.69, 9.17) is 0 Å². The molecule has 0 aliphatic carbocycles. The molecule has 0 aromatic carbocycles. The molecule has 2 aromatic heterocycles. The lowest BCUT2D eigenvalue weighted by Gasteiger charge is -2.03. The molecular formula is C17H23N2+. The highest BCUT2D eigenvalue weighted by atomic mass is 15.0. The summed E-state index contributed by atoms with van der Waals surface area (Å²) < 4.78 is 2.31. The maximum Gasteiger partial charge on any atom is 0.231 e. The van der Waals surface area contributed by atoms with Crippen molar-refractivity contribution < 1.29 is 4.57 Å². The fourth-order valence-corrected chi connectivity index (χ4v) is 2.30. The normalized spacial score (nSPS) is 10.6. The summed E-state index contributed by atoms with van der Waals surface area (Å²) in [6.07, 6.45) is 10.6. The predicted molar refractivity (Wildman–Crippen MR) is 78.6 cm³/mol. The standard InChI is InChI=1S/C17H23N2/c1-2-3-4-5-9-14-19-15-10-7-12-17(19)16-11-6-8-13-18-16/h6-8,10-13,15H,2-5,9,14H2,1H3/q+1. The van der Waals surface area contributed by atoms with Crippen LogP contribution in [-0.4, -0.2) is 4.98 Å². The zero-order valence-corrected chi connectivity index (χ0v) is 11.8. The van der Waals surface area contributed by atoms with Gasteiger partial charge in [0, 0.05) is 24.8 Å². The van der Waals surface area contributed by atoms with Crippen molar-refractivity contribution in [1.29, 1.82) is 0 Å². The van der Waals surface area contributed by atoms with Crippen molar-refractivity contribution in [2.24, 2.45) is 0 Å². The first-order chi connectivity index (χ1) is 9.42. The fraction of sp³-hybridized carbons (Fsp3) is 0.412. The average Bonchev–Trinajstić information content (AvgIpc) is 2.48. The number of hydrogen-bond acceptors (Lipinski definition) is 1. The molecular weight excluding hydrogens is 232 g/mol. The topological polar surface area (TPSA) is 16.8 Å². The predicted octanol–water partition coefficient (Wildman–Crippen LogP) is 4.01. The molecule has 2 nitrogen and oxygen atoms in total. The second-order valence-electron chi connectivity index (χ2n) is 4.91. The summed E-state index contributed by atoms with van der Waals surface area (Å²) in [5.41, 5.74) is 2.26. The Kier molecular flexibility index (Phi) is 5.54. The minimum absolute atomic E-state index is 1.05. The molecule has 0 unspecified atom stereocenters. The van der Waals surface area contributed by atoms with E-state index in [0.29, 0.717) is 0 Å². The second kappa shape index (κ2) is 7.67. The largest absolute Gasteiger partial charge is 0.250 e. The van der Waals surface area contributed by atoms with Crippen LogP contribution in [0, 0.1) is 0 Å². The molecule has 0 aliphatic heterocycles. The van der Waals surface area contributed by atoms with Gasteiger partial charge in [0.05, 0.1) is 0 Å². The maximum atomic E-state index is 4.45. The monoisotopic (exact) mass is 255 g/mol. The lowest BCUT2D eigenvalue weighted by molar-refractivity contribution is -0.686. The fourth-order valence-electron chi connectivity index (χ4n) is 2.30. The number of unbranched alkanes of at least 4 members (excludes halogenated alkanes) is 4. The van der Waals surface area contributed by atoms with Gasteiger partial charge in [-0.05, 0) is 24.6 Å². The number of aryl methyl sites for hydroxylation is 1. The highest BCUT2D eigenvalue weighted by molar-refractivity contribution is 5.49. The van der Waals surface area contributed by atoms with Gasteiger partial charge in [-0.3, -0.25) is 0 Å². The molecule has 0 fully saturated rings. The molecule has 0 aliphatic rings. The van der Waals surface area contributed by atoms with Gasteiger partial charge in [0.15, 0.2) is 6.20 Å². The Morgan fingerprint density at radius 2 is 1.79 bits per heavy atom. The van der Waals surface area contributed by atoms with Crippen LogP contribution in [0.4, 0.5) is 0 Å². The number of aromatic nitrogens is 2. The number of nitrogens with zero attached hydrogens (tertiary/aromatic N) is 2. The smallest absolute Gasteiger partial charge is 0.231 e. The number of rotatable bonds is 7. The Balaban J connectivity index is 2.01. The maximum absolute atomic E-state index is 4.45. The van der Waals surface area contributed by atoms with Gasteiger partial charge in [0.2, 0.25) is 5.69 Å². The summed E-state index contributed by atoms with van der Waals surface area (Å²) in [5.74, 6) is 0. The third kappa shape index (κ3) is 4.16. The Hall–Kier alpha value is -1.70. The number of hydrogen-bond donors (Lipinski definition) is 0. The first kappa shape index (κ1) is 13.7. The number of pyridine rings is 2. The van der Waals surface area contributed by atoms with Crippen molar-refractivity contribution in [2.75, 3.05) is 0 Å². The average molecular weight is 255 g/mol. The van der Waals surface area contributed by atoms with Crippen molar-refractivity contribution in [3.05, 3.63) is 48.8 Å². The minimum atomic E-state index is 1.05. The molecule has 0 saturated heterocycles. The van der Waals surface area contributed by atoms with Crippen molar-refractivity contribution in [1.82, 2.24) is 4.98 Å². The highest BCUT2D eigenvalue weighted by Crippen LogP contribution is 2.11. The van der Waals surface area contributed by atoms with E-state index in [1.807, 2.05) is 18.3 Å². The van der Waals surface area contributed by atoms with Crippen LogP contribution in [0.25, 0.3) is 11.4 Å². The van der Waals surface area contributed by atoms with E-state index in [1.165, 1.54) is 37.8 Å².